The highest BCUT2D eigenvalue weighted by Crippen LogP contribution is 2.35. The third-order valence-corrected chi connectivity index (χ3v) is 5.98. The van der Waals surface area contributed by atoms with Gasteiger partial charge in [0.25, 0.3) is 0 Å². The number of phenols is 1. The minimum atomic E-state index is 0.167. The number of benzene rings is 2. The van der Waals surface area contributed by atoms with Crippen LogP contribution in [0, 0.1) is 11.3 Å². The normalized spacial score (nSPS) is 15.8. The van der Waals surface area contributed by atoms with Crippen molar-refractivity contribution in [2.24, 2.45) is 0 Å². The lowest BCUT2D eigenvalue weighted by Gasteiger charge is -2.40. The summed E-state index contributed by atoms with van der Waals surface area (Å²) in [5.41, 5.74) is 3.57. The first-order valence-electron chi connectivity index (χ1n) is 10.5. The second-order valence-corrected chi connectivity index (χ2v) is 7.90. The van der Waals surface area contributed by atoms with Gasteiger partial charge in [-0.15, -0.1) is 0 Å². The molecule has 1 N–H and O–H groups in total. The van der Waals surface area contributed by atoms with Crippen LogP contribution in [0.4, 0.5) is 5.69 Å². The Labute approximate surface area is 179 Å². The predicted molar refractivity (Wildman–Crippen MR) is 120 cm³/mol. The molecule has 0 spiro atoms. The Balaban J connectivity index is 1.74. The Bertz CT molecular complexity index is 857. The lowest BCUT2D eigenvalue weighted by Crippen LogP contribution is -2.47. The third-order valence-electron chi connectivity index (χ3n) is 5.98. The van der Waals surface area contributed by atoms with Gasteiger partial charge in [0, 0.05) is 44.5 Å². The van der Waals surface area contributed by atoms with Crippen molar-refractivity contribution in [1.29, 1.82) is 5.26 Å². The van der Waals surface area contributed by atoms with Crippen LogP contribution in [0.1, 0.15) is 24.1 Å². The van der Waals surface area contributed by atoms with Crippen molar-refractivity contribution in [2.75, 3.05) is 58.3 Å². The predicted octanol–water partition coefficient (Wildman–Crippen LogP) is 3.28. The first-order valence-corrected chi connectivity index (χ1v) is 10.5. The van der Waals surface area contributed by atoms with Crippen LogP contribution in [-0.4, -0.2) is 68.3 Å². The van der Waals surface area contributed by atoms with Crippen molar-refractivity contribution in [1.82, 2.24) is 9.80 Å². The van der Waals surface area contributed by atoms with Crippen LogP contribution in [0.3, 0.4) is 0 Å². The largest absolute Gasteiger partial charge is 0.504 e. The number of para-hydroxylation sites is 1. The van der Waals surface area contributed by atoms with E-state index in [-0.39, 0.29) is 11.8 Å². The van der Waals surface area contributed by atoms with E-state index < -0.39 is 0 Å². The van der Waals surface area contributed by atoms with Crippen LogP contribution in [-0.2, 0) is 6.42 Å². The number of phenolic OH excluding ortho intramolecular Hbond substituents is 1. The minimum absolute atomic E-state index is 0.167. The number of nitriles is 1. The Morgan fingerprint density at radius 1 is 1.17 bits per heavy atom. The van der Waals surface area contributed by atoms with Gasteiger partial charge < -0.3 is 14.7 Å². The monoisotopic (exact) mass is 408 g/mol. The van der Waals surface area contributed by atoms with Gasteiger partial charge in [-0.05, 0) is 55.8 Å². The number of rotatable bonds is 8. The number of ether oxygens (including phenoxy) is 1. The van der Waals surface area contributed by atoms with Crippen molar-refractivity contribution >= 4 is 5.69 Å². The number of hydrogen-bond acceptors (Lipinski definition) is 6. The highest BCUT2D eigenvalue weighted by atomic mass is 16.5. The number of nitrogens with zero attached hydrogens (tertiary/aromatic N) is 4. The molecule has 1 unspecified atom stereocenters. The van der Waals surface area contributed by atoms with Gasteiger partial charge in [0.1, 0.15) is 0 Å². The van der Waals surface area contributed by atoms with Gasteiger partial charge in [-0.25, -0.2) is 0 Å². The molecule has 1 fully saturated rings. The van der Waals surface area contributed by atoms with E-state index in [0.29, 0.717) is 12.3 Å². The van der Waals surface area contributed by atoms with Gasteiger partial charge in [0.2, 0.25) is 0 Å². The zero-order valence-electron chi connectivity index (χ0n) is 18.2. The molecule has 2 aromatic carbocycles. The van der Waals surface area contributed by atoms with Gasteiger partial charge >= 0.3 is 0 Å². The fourth-order valence-electron chi connectivity index (χ4n) is 4.11. The fraction of sp³-hybridized carbons (Fsp3) is 0.458. The summed E-state index contributed by atoms with van der Waals surface area (Å²) in [7, 11) is 3.53. The van der Waals surface area contributed by atoms with Gasteiger partial charge in [0.05, 0.1) is 19.7 Å². The number of methoxy groups -OCH3 is 1. The number of likely N-dealkylation sites (N-methyl/N-ethyl adjacent to an activating group) is 1. The van der Waals surface area contributed by atoms with Crippen molar-refractivity contribution in [3.8, 4) is 17.6 Å². The molecule has 0 bridgehead atoms. The van der Waals surface area contributed by atoms with Crippen molar-refractivity contribution < 1.29 is 9.84 Å². The summed E-state index contributed by atoms with van der Waals surface area (Å²) in [6.45, 7) is 7.33. The smallest absolute Gasteiger partial charge is 0.160 e. The van der Waals surface area contributed by atoms with Gasteiger partial charge in [-0.2, -0.15) is 5.26 Å². The van der Waals surface area contributed by atoms with Crippen LogP contribution in [0.15, 0.2) is 42.5 Å². The van der Waals surface area contributed by atoms with Crippen molar-refractivity contribution in [3.63, 3.8) is 0 Å². The molecule has 0 aliphatic carbocycles. The highest BCUT2D eigenvalue weighted by Gasteiger charge is 2.25. The van der Waals surface area contributed by atoms with E-state index in [0.717, 1.165) is 44.7 Å². The molecule has 160 valence electrons. The summed E-state index contributed by atoms with van der Waals surface area (Å²) in [4.78, 5) is 6.92. The molecule has 1 saturated heterocycles. The summed E-state index contributed by atoms with van der Waals surface area (Å²) in [5, 5.41) is 19.2. The summed E-state index contributed by atoms with van der Waals surface area (Å²) >= 11 is 0. The van der Waals surface area contributed by atoms with E-state index in [1.54, 1.807) is 7.11 Å². The van der Waals surface area contributed by atoms with Crippen LogP contribution in [0.5, 0.6) is 11.5 Å². The van der Waals surface area contributed by atoms with Crippen LogP contribution in [0.25, 0.3) is 0 Å². The SMILES string of the molecule is COc1cc(C(C)N2CCN(c3ccccc3)CC2)c(CCN(C)CC#N)cc1O. The molecule has 0 amide bonds. The molecule has 6 nitrogen and oxygen atoms in total. The van der Waals surface area contributed by atoms with Crippen molar-refractivity contribution in [3.05, 3.63) is 53.6 Å². The second kappa shape index (κ2) is 10.3. The fourth-order valence-corrected chi connectivity index (χ4v) is 4.11. The Kier molecular flexibility index (Phi) is 7.56. The lowest BCUT2D eigenvalue weighted by atomic mass is 9.96. The van der Waals surface area contributed by atoms with E-state index in [9.17, 15) is 5.11 Å². The second-order valence-electron chi connectivity index (χ2n) is 7.90. The topological polar surface area (TPSA) is 63.0 Å². The van der Waals surface area contributed by atoms with E-state index in [1.807, 2.05) is 24.1 Å². The zero-order chi connectivity index (χ0) is 21.5. The summed E-state index contributed by atoms with van der Waals surface area (Å²) < 4.78 is 5.39. The Morgan fingerprint density at radius 3 is 2.50 bits per heavy atom. The number of piperazine rings is 1. The van der Waals surface area contributed by atoms with Crippen LogP contribution in [0.2, 0.25) is 0 Å². The first-order chi connectivity index (χ1) is 14.5. The van der Waals surface area contributed by atoms with Gasteiger partial charge in [0.15, 0.2) is 11.5 Å². The Hall–Kier alpha value is -2.75. The van der Waals surface area contributed by atoms with E-state index in [2.05, 4.69) is 53.1 Å². The van der Waals surface area contributed by atoms with E-state index in [4.69, 9.17) is 10.00 Å². The molecular weight excluding hydrogens is 376 g/mol. The first kappa shape index (κ1) is 21.9. The van der Waals surface area contributed by atoms with E-state index in [1.165, 1.54) is 11.3 Å². The average Bonchev–Trinajstić information content (AvgIpc) is 2.78. The molecule has 0 aromatic heterocycles. The standard InChI is InChI=1S/C24H32N4O2/c1-19(27-13-15-28(16-14-27)21-7-5-4-6-8-21)22-18-24(30-3)23(29)17-20(22)9-11-26(2)12-10-25/h4-8,17-19,29H,9,11-16H2,1-3H3. The average molecular weight is 409 g/mol. The molecule has 1 aliphatic heterocycles. The van der Waals surface area contributed by atoms with Crippen LogP contribution < -0.4 is 9.64 Å². The quantitative estimate of drug-likeness (QED) is 0.677. The lowest BCUT2D eigenvalue weighted by molar-refractivity contribution is 0.197. The molecule has 30 heavy (non-hydrogen) atoms. The molecule has 1 aliphatic rings. The molecule has 2 aromatic rings. The number of hydrogen-bond donors (Lipinski definition) is 1. The molecule has 1 heterocycles. The third kappa shape index (κ3) is 5.24. The van der Waals surface area contributed by atoms with Gasteiger partial charge in [-0.1, -0.05) is 18.2 Å². The molecular formula is C24H32N4O2. The summed E-state index contributed by atoms with van der Waals surface area (Å²) in [6, 6.07) is 16.8. The molecule has 1 atom stereocenters. The number of aromatic hydroxyl groups is 1. The maximum absolute atomic E-state index is 10.3. The van der Waals surface area contributed by atoms with E-state index >= 15 is 0 Å². The van der Waals surface area contributed by atoms with Gasteiger partial charge in [-0.3, -0.25) is 9.80 Å². The highest BCUT2D eigenvalue weighted by molar-refractivity contribution is 5.48. The van der Waals surface area contributed by atoms with Crippen molar-refractivity contribution in [2.45, 2.75) is 19.4 Å². The maximum atomic E-state index is 10.3. The molecule has 6 heteroatoms. The number of anilines is 1. The summed E-state index contributed by atoms with van der Waals surface area (Å²) in [6.07, 6.45) is 0.777. The Morgan fingerprint density at radius 2 is 1.87 bits per heavy atom. The summed E-state index contributed by atoms with van der Waals surface area (Å²) in [5.74, 6) is 0.675. The molecule has 0 saturated carbocycles. The molecule has 3 rings (SSSR count). The minimum Gasteiger partial charge on any atom is -0.504 e. The maximum Gasteiger partial charge on any atom is 0.160 e. The molecule has 0 radical (unpaired) electrons. The zero-order valence-corrected chi connectivity index (χ0v) is 18.2. The van der Waals surface area contributed by atoms with Crippen LogP contribution >= 0.6 is 0 Å².